The summed E-state index contributed by atoms with van der Waals surface area (Å²) in [4.78, 5) is 31.4. The van der Waals surface area contributed by atoms with E-state index in [-0.39, 0.29) is 29.2 Å². The smallest absolute Gasteiger partial charge is 0.229 e. The van der Waals surface area contributed by atoms with Gasteiger partial charge in [-0.05, 0) is 80.8 Å². The van der Waals surface area contributed by atoms with Crippen molar-refractivity contribution in [2.75, 3.05) is 32.4 Å². The maximum absolute atomic E-state index is 13.5. The van der Waals surface area contributed by atoms with Crippen molar-refractivity contribution in [1.82, 2.24) is 15.1 Å². The first-order valence-electron chi connectivity index (χ1n) is 15.3. The highest BCUT2D eigenvalue weighted by Gasteiger charge is 2.47. The first kappa shape index (κ1) is 29.8. The Morgan fingerprint density at radius 2 is 1.61 bits per heavy atom. The molecule has 41 heavy (non-hydrogen) atoms. The SMILES string of the molecule is CC(C(=O)NC(CCN1CCC2(CC1)CCN(Cc1ccc(S(C)(=O)=O)cc1)C2=O)c1ccccc1)C1CCCC1. The number of nitrogens with one attached hydrogen (secondary N) is 1. The number of carbonyl (C=O) groups excluding carboxylic acids is 2. The zero-order chi connectivity index (χ0) is 29.0. The van der Waals surface area contributed by atoms with Crippen molar-refractivity contribution in [3.05, 3.63) is 65.7 Å². The zero-order valence-corrected chi connectivity index (χ0v) is 25.4. The molecule has 2 atom stereocenters. The van der Waals surface area contributed by atoms with Crippen molar-refractivity contribution in [3.63, 3.8) is 0 Å². The number of carbonyl (C=O) groups is 2. The van der Waals surface area contributed by atoms with Crippen molar-refractivity contribution < 1.29 is 18.0 Å². The molecule has 1 N–H and O–H groups in total. The molecule has 0 aromatic heterocycles. The normalized spacial score (nSPS) is 21.3. The molecule has 0 radical (unpaired) electrons. The topological polar surface area (TPSA) is 86.8 Å². The number of likely N-dealkylation sites (tertiary alicyclic amines) is 2. The predicted molar refractivity (Wildman–Crippen MR) is 161 cm³/mol. The van der Waals surface area contributed by atoms with Crippen molar-refractivity contribution in [3.8, 4) is 0 Å². The number of amides is 2. The van der Waals surface area contributed by atoms with Crippen molar-refractivity contribution in [2.45, 2.75) is 75.8 Å². The average Bonchev–Trinajstić information content (AvgIpc) is 3.61. The lowest BCUT2D eigenvalue weighted by atomic mass is 9.77. The summed E-state index contributed by atoms with van der Waals surface area (Å²) in [6, 6.07) is 17.2. The van der Waals surface area contributed by atoms with Crippen LogP contribution in [0.2, 0.25) is 0 Å². The van der Waals surface area contributed by atoms with E-state index < -0.39 is 9.84 Å². The third-order valence-corrected chi connectivity index (χ3v) is 11.0. The summed E-state index contributed by atoms with van der Waals surface area (Å²) >= 11 is 0. The van der Waals surface area contributed by atoms with Crippen LogP contribution < -0.4 is 5.32 Å². The fraction of sp³-hybridized carbons (Fsp3) is 0.576. The Morgan fingerprint density at radius 1 is 0.976 bits per heavy atom. The average molecular weight is 580 g/mol. The maximum Gasteiger partial charge on any atom is 0.229 e. The third-order valence-electron chi connectivity index (χ3n) is 9.91. The molecule has 1 spiro atoms. The first-order chi connectivity index (χ1) is 19.6. The van der Waals surface area contributed by atoms with E-state index in [0.29, 0.717) is 17.4 Å². The zero-order valence-electron chi connectivity index (χ0n) is 24.6. The second-order valence-corrected chi connectivity index (χ2v) is 14.6. The molecule has 1 saturated carbocycles. The first-order valence-corrected chi connectivity index (χ1v) is 17.2. The summed E-state index contributed by atoms with van der Waals surface area (Å²) in [6.07, 6.45) is 9.44. The van der Waals surface area contributed by atoms with Crippen LogP contribution in [-0.4, -0.2) is 62.5 Å². The van der Waals surface area contributed by atoms with E-state index in [1.807, 2.05) is 35.2 Å². The van der Waals surface area contributed by atoms with E-state index in [1.54, 1.807) is 12.1 Å². The van der Waals surface area contributed by atoms with Crippen LogP contribution in [0.15, 0.2) is 59.5 Å². The molecule has 2 unspecified atom stereocenters. The number of sulfone groups is 1. The summed E-state index contributed by atoms with van der Waals surface area (Å²) in [6.45, 7) is 6.01. The molecule has 5 rings (SSSR count). The number of hydrogen-bond donors (Lipinski definition) is 1. The Hall–Kier alpha value is -2.71. The number of nitrogens with zero attached hydrogens (tertiary/aromatic N) is 2. The molecule has 3 fully saturated rings. The van der Waals surface area contributed by atoms with Gasteiger partial charge in [0, 0.05) is 31.8 Å². The molecular weight excluding hydrogens is 534 g/mol. The van der Waals surface area contributed by atoms with E-state index in [0.717, 1.165) is 75.8 Å². The molecule has 3 aliphatic rings. The number of hydrogen-bond acceptors (Lipinski definition) is 5. The molecule has 2 aliphatic heterocycles. The van der Waals surface area contributed by atoms with Crippen LogP contribution in [-0.2, 0) is 26.0 Å². The molecule has 1 aliphatic carbocycles. The van der Waals surface area contributed by atoms with Crippen LogP contribution in [0.25, 0.3) is 0 Å². The lowest BCUT2D eigenvalue weighted by molar-refractivity contribution is -0.139. The highest BCUT2D eigenvalue weighted by atomic mass is 32.2. The Labute approximate surface area is 245 Å². The molecule has 2 amide bonds. The van der Waals surface area contributed by atoms with Crippen molar-refractivity contribution >= 4 is 21.7 Å². The van der Waals surface area contributed by atoms with Gasteiger partial charge >= 0.3 is 0 Å². The molecule has 2 saturated heterocycles. The van der Waals surface area contributed by atoms with Crippen LogP contribution in [0.4, 0.5) is 0 Å². The Morgan fingerprint density at radius 3 is 2.24 bits per heavy atom. The summed E-state index contributed by atoms with van der Waals surface area (Å²) in [5, 5.41) is 3.39. The Kier molecular flexibility index (Phi) is 9.19. The largest absolute Gasteiger partial charge is 0.349 e. The lowest BCUT2D eigenvalue weighted by Crippen LogP contribution is -2.45. The second kappa shape index (κ2) is 12.7. The van der Waals surface area contributed by atoms with Gasteiger partial charge in [-0.3, -0.25) is 9.59 Å². The van der Waals surface area contributed by atoms with Gasteiger partial charge in [-0.2, -0.15) is 0 Å². The summed E-state index contributed by atoms with van der Waals surface area (Å²) in [7, 11) is -3.23. The summed E-state index contributed by atoms with van der Waals surface area (Å²) in [5.74, 6) is 0.957. The van der Waals surface area contributed by atoms with Gasteiger partial charge in [0.25, 0.3) is 0 Å². The van der Waals surface area contributed by atoms with Crippen LogP contribution in [0, 0.1) is 17.3 Å². The minimum atomic E-state index is -3.23. The molecule has 2 heterocycles. The number of benzene rings is 2. The van der Waals surface area contributed by atoms with Crippen molar-refractivity contribution in [2.24, 2.45) is 17.3 Å². The van der Waals surface area contributed by atoms with Gasteiger partial charge in [0.2, 0.25) is 11.8 Å². The second-order valence-electron chi connectivity index (χ2n) is 12.6. The van der Waals surface area contributed by atoms with E-state index in [4.69, 9.17) is 0 Å². The molecule has 8 heteroatoms. The van der Waals surface area contributed by atoms with Gasteiger partial charge in [0.1, 0.15) is 0 Å². The Bertz CT molecular complexity index is 1300. The minimum absolute atomic E-state index is 0.0128. The van der Waals surface area contributed by atoms with Crippen LogP contribution >= 0.6 is 0 Å². The highest BCUT2D eigenvalue weighted by molar-refractivity contribution is 7.90. The van der Waals surface area contributed by atoms with Gasteiger partial charge in [-0.25, -0.2) is 8.42 Å². The monoisotopic (exact) mass is 579 g/mol. The van der Waals surface area contributed by atoms with Gasteiger partial charge in [-0.15, -0.1) is 0 Å². The Balaban J connectivity index is 1.14. The summed E-state index contributed by atoms with van der Waals surface area (Å²) < 4.78 is 23.5. The number of rotatable bonds is 10. The van der Waals surface area contributed by atoms with E-state index in [9.17, 15) is 18.0 Å². The molecule has 2 aromatic rings. The minimum Gasteiger partial charge on any atom is -0.349 e. The quantitative estimate of drug-likeness (QED) is 0.429. The molecule has 0 bridgehead atoms. The third kappa shape index (κ3) is 7.03. The maximum atomic E-state index is 13.5. The molecule has 2 aromatic carbocycles. The van der Waals surface area contributed by atoms with Gasteiger partial charge in [-0.1, -0.05) is 62.2 Å². The van der Waals surface area contributed by atoms with Crippen LogP contribution in [0.3, 0.4) is 0 Å². The van der Waals surface area contributed by atoms with Crippen LogP contribution in [0.5, 0.6) is 0 Å². The lowest BCUT2D eigenvalue weighted by Gasteiger charge is -2.38. The fourth-order valence-electron chi connectivity index (χ4n) is 7.07. The van der Waals surface area contributed by atoms with Gasteiger partial charge < -0.3 is 15.1 Å². The van der Waals surface area contributed by atoms with Crippen LogP contribution in [0.1, 0.15) is 75.5 Å². The molecule has 7 nitrogen and oxygen atoms in total. The predicted octanol–water partition coefficient (Wildman–Crippen LogP) is 4.98. The van der Waals surface area contributed by atoms with E-state index in [2.05, 4.69) is 29.3 Å². The summed E-state index contributed by atoms with van der Waals surface area (Å²) in [5.41, 5.74) is 1.82. The highest BCUT2D eigenvalue weighted by Crippen LogP contribution is 2.42. The van der Waals surface area contributed by atoms with Gasteiger partial charge in [0.05, 0.1) is 16.4 Å². The number of piperidine rings is 1. The standard InChI is InChI=1S/C33H45N3O4S/c1-25(27-8-6-7-9-27)31(37)34-30(28-10-4-3-5-11-28)16-20-35-21-17-33(18-22-35)19-23-36(32(33)38)24-26-12-14-29(15-13-26)41(2,39)40/h3-5,10-15,25,27,30H,6-9,16-24H2,1-2H3,(H,34,37). The van der Waals surface area contributed by atoms with E-state index in [1.165, 1.54) is 19.1 Å². The van der Waals surface area contributed by atoms with Gasteiger partial charge in [0.15, 0.2) is 9.84 Å². The van der Waals surface area contributed by atoms with E-state index >= 15 is 0 Å². The molecular formula is C33H45N3O4S. The molecule has 222 valence electrons. The fourth-order valence-corrected chi connectivity index (χ4v) is 7.70. The van der Waals surface area contributed by atoms with Crippen molar-refractivity contribution in [1.29, 1.82) is 0 Å².